The maximum absolute atomic E-state index is 13.6. The molecule has 7 nitrogen and oxygen atoms in total. The number of hydrogen-bond acceptors (Lipinski definition) is 6. The van der Waals surface area contributed by atoms with Crippen LogP contribution in [0.2, 0.25) is 0 Å². The number of benzene rings is 3. The second-order valence-corrected chi connectivity index (χ2v) is 10.2. The number of carbonyl (C=O) groups excluding carboxylic acids is 1. The zero-order chi connectivity index (χ0) is 27.9. The first-order valence-electron chi connectivity index (χ1n) is 11.6. The topological polar surface area (TPSA) is 82.1 Å². The van der Waals surface area contributed by atoms with Crippen molar-refractivity contribution in [1.29, 1.82) is 0 Å². The van der Waals surface area contributed by atoms with E-state index in [1.54, 1.807) is 37.3 Å². The minimum atomic E-state index is -4.70. The van der Waals surface area contributed by atoms with Crippen LogP contribution in [0.3, 0.4) is 0 Å². The molecule has 0 aliphatic carbocycles. The van der Waals surface area contributed by atoms with E-state index in [0.717, 1.165) is 28.1 Å². The molecule has 0 atom stereocenters. The van der Waals surface area contributed by atoms with Crippen molar-refractivity contribution in [3.8, 4) is 11.5 Å². The highest BCUT2D eigenvalue weighted by Gasteiger charge is 2.33. The molecule has 3 rings (SSSR count). The number of rotatable bonds is 11. The molecule has 0 aliphatic rings. The number of halogens is 3. The number of hydrogen-bond donors (Lipinski definition) is 0. The fraction of sp³-hybridized carbons (Fsp3) is 0.296. The van der Waals surface area contributed by atoms with E-state index in [4.69, 9.17) is 14.2 Å². The van der Waals surface area contributed by atoms with E-state index in [1.165, 1.54) is 26.4 Å². The molecule has 3 aromatic carbocycles. The van der Waals surface area contributed by atoms with Gasteiger partial charge in [0.1, 0.15) is 0 Å². The van der Waals surface area contributed by atoms with Crippen molar-refractivity contribution in [2.24, 2.45) is 0 Å². The molecule has 38 heavy (non-hydrogen) atoms. The number of ether oxygens (including phenoxy) is 3. The molecule has 3 aromatic rings. The van der Waals surface area contributed by atoms with Crippen LogP contribution in [0.1, 0.15) is 34.0 Å². The summed E-state index contributed by atoms with van der Waals surface area (Å²) in [6.07, 6.45) is -4.45. The Bertz CT molecular complexity index is 1360. The first-order chi connectivity index (χ1) is 18.0. The summed E-state index contributed by atoms with van der Waals surface area (Å²) in [6, 6.07) is 15.0. The van der Waals surface area contributed by atoms with Gasteiger partial charge in [-0.15, -0.1) is 0 Å². The number of esters is 1. The van der Waals surface area contributed by atoms with Crippen LogP contribution >= 0.6 is 0 Å². The van der Waals surface area contributed by atoms with Crippen LogP contribution in [0.5, 0.6) is 11.5 Å². The smallest absolute Gasteiger partial charge is 0.416 e. The fourth-order valence-electron chi connectivity index (χ4n) is 3.72. The summed E-state index contributed by atoms with van der Waals surface area (Å²) >= 11 is 0. The Hall–Kier alpha value is -3.57. The molecule has 204 valence electrons. The second-order valence-electron chi connectivity index (χ2n) is 8.22. The molecule has 0 fully saturated rings. The molecule has 0 N–H and O–H groups in total. The molecule has 0 heterocycles. The molecule has 0 radical (unpaired) electrons. The summed E-state index contributed by atoms with van der Waals surface area (Å²) < 4.78 is 83.6. The van der Waals surface area contributed by atoms with Crippen LogP contribution in [0.15, 0.2) is 71.6 Å². The number of nitrogens with zero attached hydrogens (tertiary/aromatic N) is 1. The molecule has 11 heteroatoms. The summed E-state index contributed by atoms with van der Waals surface area (Å²) in [7, 11) is -1.36. The average molecular weight is 552 g/mol. The molecule has 0 bridgehead atoms. The van der Waals surface area contributed by atoms with Crippen molar-refractivity contribution < 1.29 is 40.6 Å². The van der Waals surface area contributed by atoms with Crippen molar-refractivity contribution in [3.63, 3.8) is 0 Å². The van der Waals surface area contributed by atoms with E-state index in [2.05, 4.69) is 0 Å². The van der Waals surface area contributed by atoms with Gasteiger partial charge in [-0.1, -0.05) is 24.3 Å². The quantitative estimate of drug-likeness (QED) is 0.300. The third-order valence-corrected chi connectivity index (χ3v) is 7.56. The predicted octanol–water partition coefficient (Wildman–Crippen LogP) is 5.33. The van der Waals surface area contributed by atoms with E-state index < -0.39 is 32.6 Å². The van der Waals surface area contributed by atoms with Gasteiger partial charge in [0.05, 0.1) is 36.8 Å². The lowest BCUT2D eigenvalue weighted by atomic mass is 10.1. The maximum Gasteiger partial charge on any atom is 0.416 e. The normalized spacial score (nSPS) is 11.9. The van der Waals surface area contributed by atoms with Crippen LogP contribution in [0.25, 0.3) is 0 Å². The van der Waals surface area contributed by atoms with Crippen LogP contribution < -0.4 is 9.47 Å². The van der Waals surface area contributed by atoms with E-state index >= 15 is 0 Å². The molecule has 0 aliphatic heterocycles. The van der Waals surface area contributed by atoms with E-state index in [-0.39, 0.29) is 26.1 Å². The summed E-state index contributed by atoms with van der Waals surface area (Å²) in [5.74, 6) is 0.458. The van der Waals surface area contributed by atoms with E-state index in [0.29, 0.717) is 28.7 Å². The summed E-state index contributed by atoms with van der Waals surface area (Å²) in [5, 5.41) is 0. The predicted molar refractivity (Wildman–Crippen MR) is 135 cm³/mol. The second kappa shape index (κ2) is 12.3. The van der Waals surface area contributed by atoms with Crippen molar-refractivity contribution >= 4 is 16.0 Å². The zero-order valence-corrected chi connectivity index (χ0v) is 21.9. The van der Waals surface area contributed by atoms with Crippen molar-refractivity contribution in [3.05, 3.63) is 89.0 Å². The fourth-order valence-corrected chi connectivity index (χ4v) is 5.20. The zero-order valence-electron chi connectivity index (χ0n) is 21.1. The largest absolute Gasteiger partial charge is 0.493 e. The van der Waals surface area contributed by atoms with Gasteiger partial charge in [0.25, 0.3) is 0 Å². The van der Waals surface area contributed by atoms with Gasteiger partial charge < -0.3 is 14.2 Å². The lowest BCUT2D eigenvalue weighted by Crippen LogP contribution is -2.32. The van der Waals surface area contributed by atoms with Crippen LogP contribution in [-0.4, -0.2) is 46.1 Å². The standard InChI is InChI=1S/C27H28F3NO6S/c1-4-37-26(32)21-11-8-20(9-12-21)18-31(15-14-19-10-13-24(35-2)25(16-19)36-3)38(33,34)23-7-5-6-22(17-23)27(28,29)30/h5-13,16-17H,4,14-15,18H2,1-3H3. The highest BCUT2D eigenvalue weighted by Crippen LogP contribution is 2.32. The van der Waals surface area contributed by atoms with Gasteiger partial charge in [-0.25, -0.2) is 13.2 Å². The first kappa shape index (κ1) is 29.0. The number of carbonyl (C=O) groups is 1. The monoisotopic (exact) mass is 551 g/mol. The van der Waals surface area contributed by atoms with Crippen LogP contribution in [0.4, 0.5) is 13.2 Å². The van der Waals surface area contributed by atoms with Gasteiger partial charge in [-0.05, 0) is 66.9 Å². The Kier molecular flexibility index (Phi) is 9.40. The lowest BCUT2D eigenvalue weighted by Gasteiger charge is -2.23. The van der Waals surface area contributed by atoms with Gasteiger partial charge in [0.15, 0.2) is 11.5 Å². The first-order valence-corrected chi connectivity index (χ1v) is 13.1. The number of sulfonamides is 1. The van der Waals surface area contributed by atoms with E-state index in [9.17, 15) is 26.4 Å². The SMILES string of the molecule is CCOC(=O)c1ccc(CN(CCc2ccc(OC)c(OC)c2)S(=O)(=O)c2cccc(C(F)(F)F)c2)cc1. The van der Waals surface area contributed by atoms with Gasteiger partial charge >= 0.3 is 12.1 Å². The highest BCUT2D eigenvalue weighted by molar-refractivity contribution is 7.89. The Labute approximate surface area is 219 Å². The molecular weight excluding hydrogens is 523 g/mol. The molecular formula is C27H28F3NO6S. The summed E-state index contributed by atoms with van der Waals surface area (Å²) in [6.45, 7) is 1.73. The lowest BCUT2D eigenvalue weighted by molar-refractivity contribution is -0.137. The highest BCUT2D eigenvalue weighted by atomic mass is 32.2. The van der Waals surface area contributed by atoms with Gasteiger partial charge in [0, 0.05) is 13.1 Å². The molecule has 0 saturated carbocycles. The van der Waals surface area contributed by atoms with Gasteiger partial charge in [0.2, 0.25) is 10.0 Å². The Balaban J connectivity index is 1.94. The Morgan fingerprint density at radius 1 is 0.895 bits per heavy atom. The third kappa shape index (κ3) is 7.05. The summed E-state index contributed by atoms with van der Waals surface area (Å²) in [4.78, 5) is 11.5. The van der Waals surface area contributed by atoms with Gasteiger partial charge in [-0.3, -0.25) is 0 Å². The average Bonchev–Trinajstić information content (AvgIpc) is 2.90. The molecule has 0 aromatic heterocycles. The number of methoxy groups -OCH3 is 2. The Morgan fingerprint density at radius 2 is 1.55 bits per heavy atom. The minimum Gasteiger partial charge on any atom is -0.493 e. The third-order valence-electron chi connectivity index (χ3n) is 5.72. The van der Waals surface area contributed by atoms with Crippen LogP contribution in [0, 0.1) is 0 Å². The van der Waals surface area contributed by atoms with Crippen molar-refractivity contribution in [2.45, 2.75) is 31.0 Å². The Morgan fingerprint density at radius 3 is 2.16 bits per heavy atom. The van der Waals surface area contributed by atoms with Gasteiger partial charge in [-0.2, -0.15) is 17.5 Å². The van der Waals surface area contributed by atoms with Crippen LogP contribution in [-0.2, 0) is 33.9 Å². The molecule has 0 spiro atoms. The molecule has 0 saturated heterocycles. The minimum absolute atomic E-state index is 0.0340. The maximum atomic E-state index is 13.6. The van der Waals surface area contributed by atoms with Crippen molar-refractivity contribution in [2.75, 3.05) is 27.4 Å². The summed E-state index contributed by atoms with van der Waals surface area (Å²) in [5.41, 5.74) is 0.524. The number of alkyl halides is 3. The van der Waals surface area contributed by atoms with Crippen molar-refractivity contribution in [1.82, 2.24) is 4.31 Å². The van der Waals surface area contributed by atoms with E-state index in [1.807, 2.05) is 0 Å². The molecule has 0 unspecified atom stereocenters. The molecule has 0 amide bonds.